The molecule has 0 aliphatic heterocycles. The number of para-hydroxylation sites is 1. The Bertz CT molecular complexity index is 1050. The van der Waals surface area contributed by atoms with Crippen LogP contribution in [0, 0.1) is 6.92 Å². The molecule has 27 heavy (non-hydrogen) atoms. The van der Waals surface area contributed by atoms with Crippen LogP contribution < -0.4 is 0 Å². The van der Waals surface area contributed by atoms with E-state index < -0.39 is 0 Å². The zero-order chi connectivity index (χ0) is 18.8. The average molecular weight is 378 g/mol. The second kappa shape index (κ2) is 7.20. The van der Waals surface area contributed by atoms with Crippen LogP contribution >= 0.6 is 11.3 Å². The van der Waals surface area contributed by atoms with Crippen LogP contribution in [0.1, 0.15) is 21.8 Å². The van der Waals surface area contributed by atoms with Crippen molar-refractivity contribution in [3.63, 3.8) is 0 Å². The van der Waals surface area contributed by atoms with Gasteiger partial charge in [-0.15, -0.1) is 11.3 Å². The number of thiophene rings is 1. The number of nitrogens with zero attached hydrogens (tertiary/aromatic N) is 4. The number of hydrogen-bond donors (Lipinski definition) is 0. The van der Waals surface area contributed by atoms with E-state index in [2.05, 4.69) is 5.16 Å². The summed E-state index contributed by atoms with van der Waals surface area (Å²) in [5.74, 6) is 0.430. The molecule has 6 nitrogen and oxygen atoms in total. The van der Waals surface area contributed by atoms with Crippen molar-refractivity contribution >= 4 is 17.2 Å². The number of hydrogen-bond acceptors (Lipinski definition) is 5. The second-order valence-corrected chi connectivity index (χ2v) is 7.19. The largest absolute Gasteiger partial charge is 0.361 e. The smallest absolute Gasteiger partial charge is 0.276 e. The van der Waals surface area contributed by atoms with Crippen molar-refractivity contribution in [3.8, 4) is 16.3 Å². The Morgan fingerprint density at radius 2 is 2.04 bits per heavy atom. The van der Waals surface area contributed by atoms with Gasteiger partial charge in [0.15, 0.2) is 5.69 Å². The number of carbonyl (C=O) groups is 1. The maximum atomic E-state index is 12.6. The summed E-state index contributed by atoms with van der Waals surface area (Å²) in [5, 5.41) is 10.6. The Kier molecular flexibility index (Phi) is 4.60. The quantitative estimate of drug-likeness (QED) is 0.523. The molecule has 3 heterocycles. The van der Waals surface area contributed by atoms with Crippen LogP contribution in [0.2, 0.25) is 0 Å². The summed E-state index contributed by atoms with van der Waals surface area (Å²) in [5.41, 5.74) is 3.13. The van der Waals surface area contributed by atoms with Crippen LogP contribution in [-0.4, -0.2) is 32.8 Å². The Morgan fingerprint density at radius 3 is 2.70 bits per heavy atom. The third-order valence-corrected chi connectivity index (χ3v) is 5.04. The average Bonchev–Trinajstić information content (AvgIpc) is 3.42. The van der Waals surface area contributed by atoms with Gasteiger partial charge in [-0.3, -0.25) is 4.79 Å². The number of benzene rings is 1. The highest BCUT2D eigenvalue weighted by atomic mass is 32.1. The predicted octanol–water partition coefficient (Wildman–Crippen LogP) is 4.17. The Hall–Kier alpha value is -3.19. The summed E-state index contributed by atoms with van der Waals surface area (Å²) in [6.45, 7) is 2.19. The summed E-state index contributed by atoms with van der Waals surface area (Å²) < 4.78 is 6.87. The summed E-state index contributed by atoms with van der Waals surface area (Å²) in [6.07, 6.45) is 1.97. The Balaban J connectivity index is 1.66. The molecule has 0 aliphatic rings. The molecule has 0 saturated carbocycles. The second-order valence-electron chi connectivity index (χ2n) is 6.24. The molecular weight excluding hydrogens is 360 g/mol. The Morgan fingerprint density at radius 1 is 1.22 bits per heavy atom. The van der Waals surface area contributed by atoms with Crippen LogP contribution in [0.4, 0.5) is 0 Å². The minimum absolute atomic E-state index is 0.184. The van der Waals surface area contributed by atoms with Crippen molar-refractivity contribution in [2.24, 2.45) is 0 Å². The first kappa shape index (κ1) is 17.2. The van der Waals surface area contributed by atoms with E-state index in [9.17, 15) is 4.79 Å². The lowest BCUT2D eigenvalue weighted by atomic mass is 10.2. The number of aryl methyl sites for hydroxylation is 1. The summed E-state index contributed by atoms with van der Waals surface area (Å²) in [7, 11) is 1.75. The van der Waals surface area contributed by atoms with Crippen molar-refractivity contribution < 1.29 is 9.32 Å². The lowest BCUT2D eigenvalue weighted by Gasteiger charge is -2.15. The molecule has 1 amide bonds. The molecule has 0 bridgehead atoms. The van der Waals surface area contributed by atoms with Gasteiger partial charge in [-0.1, -0.05) is 29.4 Å². The molecule has 0 aliphatic carbocycles. The molecule has 0 unspecified atom stereocenters. The van der Waals surface area contributed by atoms with Gasteiger partial charge in [-0.25, -0.2) is 4.68 Å². The van der Waals surface area contributed by atoms with Crippen molar-refractivity contribution in [2.75, 3.05) is 7.05 Å². The summed E-state index contributed by atoms with van der Waals surface area (Å²) in [4.78, 5) is 15.3. The molecule has 0 radical (unpaired) electrons. The first-order chi connectivity index (χ1) is 13.1. The van der Waals surface area contributed by atoms with Gasteiger partial charge < -0.3 is 9.42 Å². The SMILES string of the molecule is Cc1cc(C(=O)N(C)Cc2cn(-c3ccccc3)nc2-c2cccs2)no1. The number of amides is 1. The van der Waals surface area contributed by atoms with E-state index in [1.54, 1.807) is 36.3 Å². The molecule has 0 saturated heterocycles. The van der Waals surface area contributed by atoms with Crippen molar-refractivity contribution in [1.82, 2.24) is 19.8 Å². The number of aromatic nitrogens is 3. The summed E-state index contributed by atoms with van der Waals surface area (Å²) in [6, 6.07) is 15.6. The standard InChI is InChI=1S/C20H18N4O2S/c1-14-11-17(22-26-14)20(25)23(2)12-15-13-24(16-7-4-3-5-8-16)21-19(15)18-9-6-10-27-18/h3-11,13H,12H2,1-2H3. The highest BCUT2D eigenvalue weighted by Gasteiger charge is 2.20. The van der Waals surface area contributed by atoms with Gasteiger partial charge >= 0.3 is 0 Å². The first-order valence-electron chi connectivity index (χ1n) is 8.48. The lowest BCUT2D eigenvalue weighted by Crippen LogP contribution is -2.26. The number of carbonyl (C=O) groups excluding carboxylic acids is 1. The van der Waals surface area contributed by atoms with Crippen LogP contribution in [0.25, 0.3) is 16.3 Å². The molecule has 0 spiro atoms. The Labute approximate surface area is 160 Å². The van der Waals surface area contributed by atoms with Crippen molar-refractivity contribution in [3.05, 3.63) is 77.1 Å². The van der Waals surface area contributed by atoms with Crippen LogP contribution in [-0.2, 0) is 6.54 Å². The molecule has 0 N–H and O–H groups in total. The fourth-order valence-electron chi connectivity index (χ4n) is 2.85. The zero-order valence-corrected chi connectivity index (χ0v) is 15.8. The molecule has 3 aromatic heterocycles. The summed E-state index contributed by atoms with van der Waals surface area (Å²) >= 11 is 1.63. The fraction of sp³-hybridized carbons (Fsp3) is 0.150. The molecule has 4 aromatic rings. The third kappa shape index (κ3) is 3.54. The van der Waals surface area contributed by atoms with Gasteiger partial charge in [0, 0.05) is 31.4 Å². The van der Waals surface area contributed by atoms with Gasteiger partial charge in [0.25, 0.3) is 5.91 Å². The number of rotatable bonds is 5. The van der Waals surface area contributed by atoms with Crippen LogP contribution in [0.5, 0.6) is 0 Å². The highest BCUT2D eigenvalue weighted by molar-refractivity contribution is 7.13. The molecule has 136 valence electrons. The topological polar surface area (TPSA) is 64.2 Å². The van der Waals surface area contributed by atoms with E-state index in [0.717, 1.165) is 21.8 Å². The van der Waals surface area contributed by atoms with Gasteiger partial charge in [0.05, 0.1) is 10.6 Å². The lowest BCUT2D eigenvalue weighted by molar-refractivity contribution is 0.0775. The van der Waals surface area contributed by atoms with E-state index >= 15 is 0 Å². The van der Waals surface area contributed by atoms with E-state index in [0.29, 0.717) is 18.0 Å². The molecular formula is C20H18N4O2S. The molecule has 0 atom stereocenters. The van der Waals surface area contributed by atoms with E-state index in [4.69, 9.17) is 9.62 Å². The monoisotopic (exact) mass is 378 g/mol. The maximum absolute atomic E-state index is 12.6. The third-order valence-electron chi connectivity index (χ3n) is 4.17. The predicted molar refractivity (Wildman–Crippen MR) is 104 cm³/mol. The maximum Gasteiger partial charge on any atom is 0.276 e. The first-order valence-corrected chi connectivity index (χ1v) is 9.36. The van der Waals surface area contributed by atoms with Crippen LogP contribution in [0.3, 0.4) is 0 Å². The molecule has 4 rings (SSSR count). The van der Waals surface area contributed by atoms with E-state index in [1.165, 1.54) is 0 Å². The van der Waals surface area contributed by atoms with Gasteiger partial charge in [-0.2, -0.15) is 5.10 Å². The van der Waals surface area contributed by atoms with Crippen molar-refractivity contribution in [2.45, 2.75) is 13.5 Å². The normalized spacial score (nSPS) is 10.9. The van der Waals surface area contributed by atoms with Crippen LogP contribution in [0.15, 0.2) is 64.6 Å². The van der Waals surface area contributed by atoms with Gasteiger partial charge in [-0.05, 0) is 30.5 Å². The van der Waals surface area contributed by atoms with E-state index in [-0.39, 0.29) is 5.91 Å². The molecule has 7 heteroatoms. The zero-order valence-electron chi connectivity index (χ0n) is 15.0. The minimum Gasteiger partial charge on any atom is -0.361 e. The van der Waals surface area contributed by atoms with Gasteiger partial charge in [0.2, 0.25) is 0 Å². The molecule has 1 aromatic carbocycles. The van der Waals surface area contributed by atoms with E-state index in [1.807, 2.05) is 58.7 Å². The molecule has 0 fully saturated rings. The fourth-order valence-corrected chi connectivity index (χ4v) is 3.59. The van der Waals surface area contributed by atoms with Gasteiger partial charge in [0.1, 0.15) is 11.5 Å². The minimum atomic E-state index is -0.184. The highest BCUT2D eigenvalue weighted by Crippen LogP contribution is 2.28. The van der Waals surface area contributed by atoms with Crippen molar-refractivity contribution in [1.29, 1.82) is 0 Å².